The number of rotatable bonds is 5. The third kappa shape index (κ3) is 5.14. The normalized spacial score (nSPS) is 19.9. The van der Waals surface area contributed by atoms with Gasteiger partial charge in [-0.1, -0.05) is 6.92 Å². The number of carbonyl (C=O) groups excluding carboxylic acids is 1. The van der Waals surface area contributed by atoms with Crippen LogP contribution in [0.3, 0.4) is 0 Å². The van der Waals surface area contributed by atoms with E-state index in [1.165, 1.54) is 0 Å². The lowest BCUT2D eigenvalue weighted by Gasteiger charge is -2.22. The van der Waals surface area contributed by atoms with Crippen molar-refractivity contribution in [2.45, 2.75) is 38.7 Å². The number of carbonyl (C=O) groups is 1. The van der Waals surface area contributed by atoms with Crippen LogP contribution in [0, 0.1) is 5.92 Å². The summed E-state index contributed by atoms with van der Waals surface area (Å²) in [5.74, 6) is 0.300. The minimum absolute atomic E-state index is 0.0689. The quantitative estimate of drug-likeness (QED) is 0.697. The van der Waals surface area contributed by atoms with Gasteiger partial charge in [-0.2, -0.15) is 0 Å². The maximum atomic E-state index is 11.4. The summed E-state index contributed by atoms with van der Waals surface area (Å²) in [7, 11) is 0. The highest BCUT2D eigenvalue weighted by atomic mass is 16.5. The van der Waals surface area contributed by atoms with E-state index < -0.39 is 0 Å². The van der Waals surface area contributed by atoms with Gasteiger partial charge in [0, 0.05) is 19.3 Å². The second-order valence-electron chi connectivity index (χ2n) is 4.18. The number of ether oxygens (including phenoxy) is 2. The van der Waals surface area contributed by atoms with Crippen molar-refractivity contribution in [2.24, 2.45) is 11.7 Å². The summed E-state index contributed by atoms with van der Waals surface area (Å²) in [6.07, 6.45) is 3.03. The maximum absolute atomic E-state index is 11.4. The lowest BCUT2D eigenvalue weighted by atomic mass is 10.1. The van der Waals surface area contributed by atoms with Crippen LogP contribution in [-0.2, 0) is 14.3 Å². The first kappa shape index (κ1) is 12.5. The highest BCUT2D eigenvalue weighted by Gasteiger charge is 2.18. The van der Waals surface area contributed by atoms with Crippen LogP contribution < -0.4 is 5.73 Å². The molecule has 0 aromatic rings. The molecule has 0 bridgehead atoms. The molecule has 0 saturated carbocycles. The number of hydrogen-bond acceptors (Lipinski definition) is 4. The molecule has 1 aliphatic heterocycles. The van der Waals surface area contributed by atoms with Crippen molar-refractivity contribution >= 4 is 5.97 Å². The lowest BCUT2D eigenvalue weighted by molar-refractivity contribution is -0.153. The first-order valence-corrected chi connectivity index (χ1v) is 5.69. The van der Waals surface area contributed by atoms with E-state index in [9.17, 15) is 4.79 Å². The number of esters is 1. The van der Waals surface area contributed by atoms with Gasteiger partial charge in [0.25, 0.3) is 0 Å². The Morgan fingerprint density at radius 2 is 2.20 bits per heavy atom. The fourth-order valence-corrected chi connectivity index (χ4v) is 1.52. The Kier molecular flexibility index (Phi) is 5.65. The molecule has 1 rings (SSSR count). The molecule has 4 heteroatoms. The summed E-state index contributed by atoms with van der Waals surface area (Å²) in [5.41, 5.74) is 5.47. The predicted octanol–water partition coefficient (Wildman–Crippen LogP) is 1.08. The van der Waals surface area contributed by atoms with Gasteiger partial charge in [-0.3, -0.25) is 4.79 Å². The second kappa shape index (κ2) is 6.80. The van der Waals surface area contributed by atoms with Gasteiger partial charge in [-0.15, -0.1) is 0 Å². The average Bonchev–Trinajstić information content (AvgIpc) is 2.27. The van der Waals surface area contributed by atoms with Crippen LogP contribution in [0.25, 0.3) is 0 Å². The Balaban J connectivity index is 2.11. The summed E-state index contributed by atoms with van der Waals surface area (Å²) >= 11 is 0. The molecular formula is C11H21NO3. The van der Waals surface area contributed by atoms with E-state index >= 15 is 0 Å². The molecule has 0 radical (unpaired) electrons. The average molecular weight is 215 g/mol. The molecule has 88 valence electrons. The van der Waals surface area contributed by atoms with Crippen molar-refractivity contribution in [3.63, 3.8) is 0 Å². The molecule has 0 aromatic heterocycles. The lowest BCUT2D eigenvalue weighted by Crippen LogP contribution is -2.26. The third-order valence-electron chi connectivity index (χ3n) is 2.71. The molecule has 1 unspecified atom stereocenters. The van der Waals surface area contributed by atoms with E-state index in [4.69, 9.17) is 15.2 Å². The first-order valence-electron chi connectivity index (χ1n) is 5.69. The molecule has 1 atom stereocenters. The van der Waals surface area contributed by atoms with E-state index in [1.807, 2.05) is 6.92 Å². The standard InChI is InChI=1S/C11H21NO3/c1-9(8-12)2-3-11(13)15-10-4-6-14-7-5-10/h9-10H,2-8,12H2,1H3. The monoisotopic (exact) mass is 215 g/mol. The van der Waals surface area contributed by atoms with Gasteiger partial charge in [0.05, 0.1) is 13.2 Å². The molecule has 2 N–H and O–H groups in total. The number of hydrogen-bond donors (Lipinski definition) is 1. The van der Waals surface area contributed by atoms with Gasteiger partial charge in [0.2, 0.25) is 0 Å². The van der Waals surface area contributed by atoms with E-state index in [2.05, 4.69) is 0 Å². The van der Waals surface area contributed by atoms with Gasteiger partial charge in [-0.25, -0.2) is 0 Å². The molecular weight excluding hydrogens is 194 g/mol. The molecule has 0 spiro atoms. The second-order valence-corrected chi connectivity index (χ2v) is 4.18. The van der Waals surface area contributed by atoms with Gasteiger partial charge >= 0.3 is 5.97 Å². The molecule has 0 aliphatic carbocycles. The molecule has 1 saturated heterocycles. The zero-order chi connectivity index (χ0) is 11.1. The molecule has 1 aliphatic rings. The fourth-order valence-electron chi connectivity index (χ4n) is 1.52. The van der Waals surface area contributed by atoms with E-state index in [0.29, 0.717) is 32.1 Å². The first-order chi connectivity index (χ1) is 7.22. The van der Waals surface area contributed by atoms with E-state index in [1.54, 1.807) is 0 Å². The fraction of sp³-hybridized carbons (Fsp3) is 0.909. The van der Waals surface area contributed by atoms with Crippen molar-refractivity contribution in [1.82, 2.24) is 0 Å². The van der Waals surface area contributed by atoms with Gasteiger partial charge in [0.15, 0.2) is 0 Å². The summed E-state index contributed by atoms with van der Waals surface area (Å²) in [5, 5.41) is 0. The predicted molar refractivity (Wildman–Crippen MR) is 57.4 cm³/mol. The van der Waals surface area contributed by atoms with Gasteiger partial charge < -0.3 is 15.2 Å². The molecule has 1 fully saturated rings. The van der Waals surface area contributed by atoms with Crippen LogP contribution in [0.1, 0.15) is 32.6 Å². The van der Waals surface area contributed by atoms with Crippen LogP contribution >= 0.6 is 0 Å². The van der Waals surface area contributed by atoms with Gasteiger partial charge in [0.1, 0.15) is 6.10 Å². The zero-order valence-corrected chi connectivity index (χ0v) is 9.41. The van der Waals surface area contributed by atoms with Crippen molar-refractivity contribution < 1.29 is 14.3 Å². The van der Waals surface area contributed by atoms with Crippen LogP contribution in [0.15, 0.2) is 0 Å². The zero-order valence-electron chi connectivity index (χ0n) is 9.41. The van der Waals surface area contributed by atoms with E-state index in [0.717, 1.165) is 19.3 Å². The summed E-state index contributed by atoms with van der Waals surface area (Å²) in [4.78, 5) is 11.4. The Bertz CT molecular complexity index is 190. The molecule has 0 aromatic carbocycles. The SMILES string of the molecule is CC(CN)CCC(=O)OC1CCOCC1. The van der Waals surface area contributed by atoms with Crippen molar-refractivity contribution in [3.8, 4) is 0 Å². The maximum Gasteiger partial charge on any atom is 0.306 e. The Hall–Kier alpha value is -0.610. The topological polar surface area (TPSA) is 61.6 Å². The van der Waals surface area contributed by atoms with Crippen molar-refractivity contribution in [3.05, 3.63) is 0 Å². The smallest absolute Gasteiger partial charge is 0.306 e. The van der Waals surface area contributed by atoms with Crippen LogP contribution in [0.2, 0.25) is 0 Å². The highest BCUT2D eigenvalue weighted by Crippen LogP contribution is 2.13. The van der Waals surface area contributed by atoms with Crippen molar-refractivity contribution in [1.29, 1.82) is 0 Å². The molecule has 0 amide bonds. The third-order valence-corrected chi connectivity index (χ3v) is 2.71. The molecule has 15 heavy (non-hydrogen) atoms. The molecule has 1 heterocycles. The van der Waals surface area contributed by atoms with E-state index in [-0.39, 0.29) is 12.1 Å². The summed E-state index contributed by atoms with van der Waals surface area (Å²) < 4.78 is 10.5. The summed E-state index contributed by atoms with van der Waals surface area (Å²) in [6, 6.07) is 0. The number of nitrogens with two attached hydrogens (primary N) is 1. The minimum Gasteiger partial charge on any atom is -0.462 e. The Morgan fingerprint density at radius 1 is 1.53 bits per heavy atom. The van der Waals surface area contributed by atoms with Crippen LogP contribution in [0.4, 0.5) is 0 Å². The largest absolute Gasteiger partial charge is 0.462 e. The Labute approximate surface area is 91.1 Å². The molecule has 4 nitrogen and oxygen atoms in total. The highest BCUT2D eigenvalue weighted by molar-refractivity contribution is 5.69. The van der Waals surface area contributed by atoms with Crippen LogP contribution in [-0.4, -0.2) is 31.8 Å². The summed E-state index contributed by atoms with van der Waals surface area (Å²) in [6.45, 7) is 4.08. The van der Waals surface area contributed by atoms with Crippen LogP contribution in [0.5, 0.6) is 0 Å². The van der Waals surface area contributed by atoms with Crippen molar-refractivity contribution in [2.75, 3.05) is 19.8 Å². The minimum atomic E-state index is -0.0952. The van der Waals surface area contributed by atoms with Gasteiger partial charge in [-0.05, 0) is 18.9 Å². The Morgan fingerprint density at radius 3 is 2.80 bits per heavy atom.